The number of unbranched alkanes of at least 4 members (excludes halogenated alkanes) is 2. The number of hydrogen-bond acceptors (Lipinski definition) is 4. The summed E-state index contributed by atoms with van der Waals surface area (Å²) >= 11 is 1.29. The maximum absolute atomic E-state index is 12.2. The molecule has 26 heavy (non-hydrogen) atoms. The van der Waals surface area contributed by atoms with Gasteiger partial charge in [-0.3, -0.25) is 25.2 Å². The number of hydrogen-bond donors (Lipinski definition) is 2. The molecule has 2 N–H and O–H groups in total. The minimum Gasteiger partial charge on any atom is -0.294 e. The van der Waals surface area contributed by atoms with Crippen LogP contribution in [0.5, 0.6) is 0 Å². The van der Waals surface area contributed by atoms with Gasteiger partial charge in [-0.25, -0.2) is 0 Å². The smallest absolute Gasteiger partial charge is 0.279 e. The highest BCUT2D eigenvalue weighted by atomic mass is 32.1. The molecule has 0 aliphatic rings. The molecule has 0 unspecified atom stereocenters. The summed E-state index contributed by atoms with van der Waals surface area (Å²) in [6.07, 6.45) is 4.71. The van der Waals surface area contributed by atoms with Crippen LogP contribution >= 0.6 is 11.3 Å². The molecule has 5 nitrogen and oxygen atoms in total. The van der Waals surface area contributed by atoms with Gasteiger partial charge in [0.25, 0.3) is 5.91 Å². The molecule has 0 atom stereocenters. The summed E-state index contributed by atoms with van der Waals surface area (Å²) in [6, 6.07) is 11.0. The average molecular weight is 372 g/mol. The van der Waals surface area contributed by atoms with E-state index in [0.717, 1.165) is 12.8 Å². The Labute approximate surface area is 157 Å². The quantitative estimate of drug-likeness (QED) is 0.398. The van der Waals surface area contributed by atoms with Gasteiger partial charge in [0.05, 0.1) is 4.88 Å². The number of thiophene rings is 1. The van der Waals surface area contributed by atoms with Crippen molar-refractivity contribution in [3.63, 3.8) is 0 Å². The molecule has 0 radical (unpaired) electrons. The van der Waals surface area contributed by atoms with Crippen molar-refractivity contribution in [2.75, 3.05) is 0 Å². The summed E-state index contributed by atoms with van der Waals surface area (Å²) in [6.45, 7) is 2.17. The topological polar surface area (TPSA) is 75.3 Å². The van der Waals surface area contributed by atoms with E-state index in [1.54, 1.807) is 17.5 Å². The zero-order valence-electron chi connectivity index (χ0n) is 14.9. The lowest BCUT2D eigenvalue weighted by Gasteiger charge is -2.06. The molecule has 0 saturated carbocycles. The Hall–Kier alpha value is -2.47. The third-order valence-corrected chi connectivity index (χ3v) is 4.85. The maximum atomic E-state index is 12.2. The van der Waals surface area contributed by atoms with E-state index >= 15 is 0 Å². The van der Waals surface area contributed by atoms with Gasteiger partial charge in [0, 0.05) is 18.4 Å². The fraction of sp³-hybridized carbons (Fsp3) is 0.350. The van der Waals surface area contributed by atoms with Gasteiger partial charge >= 0.3 is 0 Å². The van der Waals surface area contributed by atoms with Gasteiger partial charge in [0.2, 0.25) is 5.91 Å². The molecule has 1 aromatic carbocycles. The molecule has 0 fully saturated rings. The SMILES string of the molecule is CCCCCc1ccc(C(=O)CCC(=O)NNC(=O)c2cccs2)cc1. The van der Waals surface area contributed by atoms with Crippen LogP contribution in [0.25, 0.3) is 0 Å². The fourth-order valence-electron chi connectivity index (χ4n) is 2.47. The standard InChI is InChI=1S/C20H24N2O3S/c1-2-3-4-6-15-8-10-16(11-9-15)17(23)12-13-19(24)21-22-20(25)18-7-5-14-26-18/h5,7-11,14H,2-4,6,12-13H2,1H3,(H,21,24)(H,22,25). The molecule has 2 rings (SSSR count). The molecule has 138 valence electrons. The Morgan fingerprint density at radius 2 is 1.73 bits per heavy atom. The first kappa shape index (κ1) is 19.8. The third-order valence-electron chi connectivity index (χ3n) is 3.98. The Kier molecular flexibility index (Phi) is 8.02. The second kappa shape index (κ2) is 10.5. The first-order valence-corrected chi connectivity index (χ1v) is 9.73. The van der Waals surface area contributed by atoms with Crippen molar-refractivity contribution in [1.82, 2.24) is 10.9 Å². The van der Waals surface area contributed by atoms with Gasteiger partial charge < -0.3 is 0 Å². The fourth-order valence-corrected chi connectivity index (χ4v) is 3.09. The van der Waals surface area contributed by atoms with Crippen LogP contribution in [-0.2, 0) is 11.2 Å². The number of rotatable bonds is 9. The van der Waals surface area contributed by atoms with Gasteiger partial charge in [-0.15, -0.1) is 11.3 Å². The zero-order valence-corrected chi connectivity index (χ0v) is 15.7. The van der Waals surface area contributed by atoms with E-state index in [1.165, 1.54) is 29.7 Å². The van der Waals surface area contributed by atoms with Crippen LogP contribution in [-0.4, -0.2) is 17.6 Å². The van der Waals surface area contributed by atoms with Gasteiger partial charge in [-0.1, -0.05) is 50.1 Å². The predicted octanol–water partition coefficient (Wildman–Crippen LogP) is 3.90. The van der Waals surface area contributed by atoms with Crippen LogP contribution in [0.2, 0.25) is 0 Å². The first-order valence-electron chi connectivity index (χ1n) is 8.85. The zero-order chi connectivity index (χ0) is 18.8. The van der Waals surface area contributed by atoms with E-state index < -0.39 is 0 Å². The third kappa shape index (κ3) is 6.44. The van der Waals surface area contributed by atoms with Crippen molar-refractivity contribution in [3.05, 3.63) is 57.8 Å². The van der Waals surface area contributed by atoms with Crippen molar-refractivity contribution in [3.8, 4) is 0 Å². The Morgan fingerprint density at radius 1 is 0.962 bits per heavy atom. The summed E-state index contributed by atoms with van der Waals surface area (Å²) in [4.78, 5) is 36.2. The van der Waals surface area contributed by atoms with Crippen LogP contribution in [0.3, 0.4) is 0 Å². The van der Waals surface area contributed by atoms with Crippen LogP contribution in [0.4, 0.5) is 0 Å². The molecule has 0 bridgehead atoms. The van der Waals surface area contributed by atoms with E-state index in [0.29, 0.717) is 10.4 Å². The molecule has 2 aromatic rings. The highest BCUT2D eigenvalue weighted by molar-refractivity contribution is 7.12. The van der Waals surface area contributed by atoms with Gasteiger partial charge in [0.15, 0.2) is 5.78 Å². The van der Waals surface area contributed by atoms with E-state index in [1.807, 2.05) is 24.3 Å². The molecule has 0 aliphatic carbocycles. The minimum atomic E-state index is -0.389. The molecule has 0 aliphatic heterocycles. The number of ketones is 1. The monoisotopic (exact) mass is 372 g/mol. The van der Waals surface area contributed by atoms with Crippen LogP contribution in [0.1, 0.15) is 64.6 Å². The summed E-state index contributed by atoms with van der Waals surface area (Å²) < 4.78 is 0. The molecule has 0 spiro atoms. The normalized spacial score (nSPS) is 10.3. The molecular formula is C20H24N2O3S. The number of nitrogens with one attached hydrogen (secondary N) is 2. The van der Waals surface area contributed by atoms with Crippen LogP contribution in [0, 0.1) is 0 Å². The Balaban J connectivity index is 1.71. The lowest BCUT2D eigenvalue weighted by molar-refractivity contribution is -0.121. The highest BCUT2D eigenvalue weighted by Crippen LogP contribution is 2.11. The molecular weight excluding hydrogens is 348 g/mol. The second-order valence-corrected chi connectivity index (χ2v) is 7.00. The number of benzene rings is 1. The van der Waals surface area contributed by atoms with E-state index in [-0.39, 0.29) is 30.4 Å². The minimum absolute atomic E-state index is 0.0296. The van der Waals surface area contributed by atoms with E-state index in [2.05, 4.69) is 17.8 Å². The largest absolute Gasteiger partial charge is 0.294 e. The number of Topliss-reactive ketones (excluding diaryl/α,β-unsaturated/α-hetero) is 1. The maximum Gasteiger partial charge on any atom is 0.279 e. The van der Waals surface area contributed by atoms with Crippen molar-refractivity contribution in [1.29, 1.82) is 0 Å². The number of amides is 2. The van der Waals surface area contributed by atoms with Gasteiger partial charge in [-0.05, 0) is 29.9 Å². The van der Waals surface area contributed by atoms with Crippen LogP contribution in [0.15, 0.2) is 41.8 Å². The van der Waals surface area contributed by atoms with Crippen molar-refractivity contribution >= 4 is 28.9 Å². The first-order chi connectivity index (χ1) is 12.6. The van der Waals surface area contributed by atoms with E-state index in [4.69, 9.17) is 0 Å². The molecule has 1 heterocycles. The van der Waals surface area contributed by atoms with E-state index in [9.17, 15) is 14.4 Å². The molecule has 0 saturated heterocycles. The number of carbonyl (C=O) groups is 3. The summed E-state index contributed by atoms with van der Waals surface area (Å²) in [5.74, 6) is -0.831. The summed E-state index contributed by atoms with van der Waals surface area (Å²) in [5, 5.41) is 1.78. The predicted molar refractivity (Wildman–Crippen MR) is 103 cm³/mol. The number of hydrazine groups is 1. The molecule has 2 amide bonds. The Bertz CT molecular complexity index is 724. The number of carbonyl (C=O) groups excluding carboxylic acids is 3. The van der Waals surface area contributed by atoms with Crippen molar-refractivity contribution in [2.45, 2.75) is 45.4 Å². The van der Waals surface area contributed by atoms with Crippen molar-refractivity contribution in [2.24, 2.45) is 0 Å². The van der Waals surface area contributed by atoms with Gasteiger partial charge in [-0.2, -0.15) is 0 Å². The lowest BCUT2D eigenvalue weighted by atomic mass is 10.0. The molecule has 6 heteroatoms. The second-order valence-electron chi connectivity index (χ2n) is 6.06. The highest BCUT2D eigenvalue weighted by Gasteiger charge is 2.11. The lowest BCUT2D eigenvalue weighted by Crippen LogP contribution is -2.41. The van der Waals surface area contributed by atoms with Crippen LogP contribution < -0.4 is 10.9 Å². The molecule has 1 aromatic heterocycles. The summed E-state index contributed by atoms with van der Waals surface area (Å²) in [7, 11) is 0. The summed E-state index contributed by atoms with van der Waals surface area (Å²) in [5.41, 5.74) is 6.51. The van der Waals surface area contributed by atoms with Gasteiger partial charge in [0.1, 0.15) is 0 Å². The average Bonchev–Trinajstić information content (AvgIpc) is 3.20. The number of aryl methyl sites for hydroxylation is 1. The van der Waals surface area contributed by atoms with Crippen molar-refractivity contribution < 1.29 is 14.4 Å². The Morgan fingerprint density at radius 3 is 2.38 bits per heavy atom.